The Kier molecular flexibility index (Phi) is 6.80. The van der Waals surface area contributed by atoms with E-state index in [0.29, 0.717) is 24.4 Å². The maximum atomic E-state index is 13.1. The minimum Gasteiger partial charge on any atom is -0.379 e. The molecule has 0 unspecified atom stereocenters. The molecule has 9 nitrogen and oxygen atoms in total. The summed E-state index contributed by atoms with van der Waals surface area (Å²) in [5.74, 6) is -0.0364. The highest BCUT2D eigenvalue weighted by Gasteiger charge is 2.52. The predicted octanol–water partition coefficient (Wildman–Crippen LogP) is 2.80. The molecule has 5 rings (SSSR count). The third-order valence-electron chi connectivity index (χ3n) is 7.90. The molecular weight excluding hydrogens is 446 g/mol. The van der Waals surface area contributed by atoms with Crippen LogP contribution in [0.25, 0.3) is 10.9 Å². The second kappa shape index (κ2) is 9.99. The zero-order valence-electron chi connectivity index (χ0n) is 20.4. The molecule has 4 amide bonds. The second-order valence-electron chi connectivity index (χ2n) is 10.0. The smallest absolute Gasteiger partial charge is 0.325 e. The van der Waals surface area contributed by atoms with Gasteiger partial charge in [0.15, 0.2) is 0 Å². The van der Waals surface area contributed by atoms with Crippen LogP contribution in [0, 0.1) is 5.92 Å². The summed E-state index contributed by atoms with van der Waals surface area (Å²) in [5, 5.41) is 6.78. The third kappa shape index (κ3) is 4.92. The average Bonchev–Trinajstić information content (AvgIpc) is 3.37. The van der Waals surface area contributed by atoms with Crippen molar-refractivity contribution in [2.75, 3.05) is 44.7 Å². The average molecular weight is 482 g/mol. The summed E-state index contributed by atoms with van der Waals surface area (Å²) in [6, 6.07) is 7.37. The number of morpholine rings is 1. The Labute approximate surface area is 205 Å². The highest BCUT2D eigenvalue weighted by molar-refractivity contribution is 6.10. The molecule has 2 N–H and O–H groups in total. The fraction of sp³-hybridized carbons (Fsp3) is 0.577. The summed E-state index contributed by atoms with van der Waals surface area (Å²) >= 11 is 0. The normalized spacial score (nSPS) is 25.4. The van der Waals surface area contributed by atoms with E-state index in [0.717, 1.165) is 74.5 Å². The number of ether oxygens (including phenoxy) is 1. The van der Waals surface area contributed by atoms with Crippen molar-refractivity contribution in [2.24, 2.45) is 5.92 Å². The summed E-state index contributed by atoms with van der Waals surface area (Å²) in [4.78, 5) is 41.8. The van der Waals surface area contributed by atoms with Crippen molar-refractivity contribution >= 4 is 34.4 Å². The molecule has 0 atom stereocenters. The molecule has 2 aliphatic heterocycles. The molecule has 2 aromatic rings. The molecule has 1 aromatic heterocycles. The number of amides is 4. The first-order valence-electron chi connectivity index (χ1n) is 12.8. The lowest BCUT2D eigenvalue weighted by molar-refractivity contribution is -0.135. The molecule has 3 fully saturated rings. The van der Waals surface area contributed by atoms with Gasteiger partial charge in [-0.1, -0.05) is 13.3 Å². The van der Waals surface area contributed by atoms with Gasteiger partial charge in [0.05, 0.1) is 13.2 Å². The van der Waals surface area contributed by atoms with Crippen molar-refractivity contribution < 1.29 is 19.1 Å². The van der Waals surface area contributed by atoms with Crippen LogP contribution in [0.2, 0.25) is 0 Å². The summed E-state index contributed by atoms with van der Waals surface area (Å²) in [6.45, 7) is 7.26. The van der Waals surface area contributed by atoms with Crippen LogP contribution < -0.4 is 10.6 Å². The van der Waals surface area contributed by atoms with Gasteiger partial charge in [0.1, 0.15) is 12.1 Å². The molecule has 2 saturated heterocycles. The van der Waals surface area contributed by atoms with E-state index >= 15 is 0 Å². The molecule has 0 radical (unpaired) electrons. The number of benzene rings is 1. The first-order chi connectivity index (χ1) is 17.0. The molecule has 3 aliphatic rings. The molecule has 3 heterocycles. The maximum absolute atomic E-state index is 13.1. The van der Waals surface area contributed by atoms with Gasteiger partial charge in [-0.05, 0) is 55.9 Å². The first kappa shape index (κ1) is 23.8. The van der Waals surface area contributed by atoms with Crippen molar-refractivity contribution in [1.82, 2.24) is 19.7 Å². The van der Waals surface area contributed by atoms with E-state index in [1.54, 1.807) is 0 Å². The highest BCUT2D eigenvalue weighted by atomic mass is 16.5. The Hall–Kier alpha value is -2.91. The van der Waals surface area contributed by atoms with Crippen molar-refractivity contribution in [2.45, 2.75) is 51.1 Å². The molecule has 35 heavy (non-hydrogen) atoms. The lowest BCUT2D eigenvalue weighted by atomic mass is 9.75. The van der Waals surface area contributed by atoms with Crippen LogP contribution in [0.1, 0.15) is 39.0 Å². The number of nitrogens with zero attached hydrogens (tertiary/aromatic N) is 3. The Bertz CT molecular complexity index is 1100. The number of fused-ring (bicyclic) bond motifs is 1. The molecular formula is C26H35N5O4. The molecule has 1 aliphatic carbocycles. The van der Waals surface area contributed by atoms with Gasteiger partial charge in [-0.15, -0.1) is 0 Å². The van der Waals surface area contributed by atoms with E-state index in [9.17, 15) is 14.4 Å². The Morgan fingerprint density at radius 2 is 1.91 bits per heavy atom. The fourth-order valence-corrected chi connectivity index (χ4v) is 5.63. The first-order valence-corrected chi connectivity index (χ1v) is 12.8. The third-order valence-corrected chi connectivity index (χ3v) is 7.90. The number of urea groups is 1. The largest absolute Gasteiger partial charge is 0.379 e. The summed E-state index contributed by atoms with van der Waals surface area (Å²) in [7, 11) is 0. The number of carbonyl (C=O) groups is 3. The topological polar surface area (TPSA) is 95.9 Å². The maximum Gasteiger partial charge on any atom is 0.325 e. The minimum atomic E-state index is -0.827. The quantitative estimate of drug-likeness (QED) is 0.593. The van der Waals surface area contributed by atoms with Crippen molar-refractivity contribution in [3.63, 3.8) is 0 Å². The van der Waals surface area contributed by atoms with E-state index in [-0.39, 0.29) is 18.4 Å². The van der Waals surface area contributed by atoms with Gasteiger partial charge >= 0.3 is 6.03 Å². The zero-order valence-corrected chi connectivity index (χ0v) is 20.4. The number of hydrogen-bond donors (Lipinski definition) is 2. The zero-order chi connectivity index (χ0) is 24.4. The van der Waals surface area contributed by atoms with Gasteiger partial charge in [0.2, 0.25) is 5.91 Å². The van der Waals surface area contributed by atoms with Crippen LogP contribution in [-0.4, -0.2) is 77.1 Å². The molecule has 1 saturated carbocycles. The van der Waals surface area contributed by atoms with E-state index in [4.69, 9.17) is 4.74 Å². The molecule has 1 aromatic carbocycles. The van der Waals surface area contributed by atoms with Gasteiger partial charge < -0.3 is 19.9 Å². The van der Waals surface area contributed by atoms with Gasteiger partial charge in [0, 0.05) is 49.0 Å². The number of imide groups is 1. The van der Waals surface area contributed by atoms with Crippen LogP contribution in [-0.2, 0) is 20.9 Å². The van der Waals surface area contributed by atoms with Gasteiger partial charge in [-0.25, -0.2) is 4.79 Å². The second-order valence-corrected chi connectivity index (χ2v) is 10.0. The lowest BCUT2D eigenvalue weighted by Crippen LogP contribution is -2.49. The number of hydrogen-bond acceptors (Lipinski definition) is 5. The number of aromatic nitrogens is 1. The minimum absolute atomic E-state index is 0.264. The SMILES string of the molecule is CCC1CCC2(CC1)NC(=O)N(CC(=O)Nc1ccc3c(ccn3CCN3CCOCC3)c1)C2=O. The number of anilines is 1. The van der Waals surface area contributed by atoms with E-state index < -0.39 is 11.6 Å². The summed E-state index contributed by atoms with van der Waals surface area (Å²) in [5.41, 5.74) is 0.931. The standard InChI is InChI=1S/C26H35N5O4/c1-2-19-5-8-26(9-6-19)24(33)31(25(34)28-26)18-23(32)27-21-3-4-22-20(17-21)7-10-30(22)12-11-29-13-15-35-16-14-29/h3-4,7,10,17,19H,2,5-6,8-9,11-16,18H2,1H3,(H,27,32)(H,28,34). The Morgan fingerprint density at radius 1 is 1.14 bits per heavy atom. The van der Waals surface area contributed by atoms with Crippen LogP contribution in [0.15, 0.2) is 30.5 Å². The monoisotopic (exact) mass is 481 g/mol. The van der Waals surface area contributed by atoms with E-state index in [1.807, 2.05) is 24.3 Å². The number of rotatable bonds is 7. The summed E-state index contributed by atoms with van der Waals surface area (Å²) in [6.07, 6.45) is 6.30. The Morgan fingerprint density at radius 3 is 2.66 bits per heavy atom. The number of nitrogens with one attached hydrogen (secondary N) is 2. The predicted molar refractivity (Wildman–Crippen MR) is 133 cm³/mol. The van der Waals surface area contributed by atoms with Gasteiger partial charge in [-0.3, -0.25) is 19.4 Å². The Balaban J connectivity index is 1.18. The van der Waals surface area contributed by atoms with Crippen LogP contribution in [0.4, 0.5) is 10.5 Å². The van der Waals surface area contributed by atoms with E-state index in [1.165, 1.54) is 0 Å². The fourth-order valence-electron chi connectivity index (χ4n) is 5.63. The van der Waals surface area contributed by atoms with Crippen LogP contribution >= 0.6 is 0 Å². The molecule has 0 bridgehead atoms. The van der Waals surface area contributed by atoms with Gasteiger partial charge in [0.25, 0.3) is 5.91 Å². The lowest BCUT2D eigenvalue weighted by Gasteiger charge is -2.34. The summed E-state index contributed by atoms with van der Waals surface area (Å²) < 4.78 is 7.63. The van der Waals surface area contributed by atoms with Crippen LogP contribution in [0.3, 0.4) is 0 Å². The van der Waals surface area contributed by atoms with Crippen LogP contribution in [0.5, 0.6) is 0 Å². The molecule has 9 heteroatoms. The van der Waals surface area contributed by atoms with E-state index in [2.05, 4.69) is 33.2 Å². The molecule has 188 valence electrons. The number of carbonyl (C=O) groups excluding carboxylic acids is 3. The highest BCUT2D eigenvalue weighted by Crippen LogP contribution is 2.37. The van der Waals surface area contributed by atoms with Crippen molar-refractivity contribution in [3.05, 3.63) is 30.5 Å². The van der Waals surface area contributed by atoms with Crippen molar-refractivity contribution in [1.29, 1.82) is 0 Å². The van der Waals surface area contributed by atoms with Gasteiger partial charge in [-0.2, -0.15) is 0 Å². The molecule has 1 spiro atoms. The van der Waals surface area contributed by atoms with Crippen molar-refractivity contribution in [3.8, 4) is 0 Å².